The second-order valence-electron chi connectivity index (χ2n) is 4.86. The lowest BCUT2D eigenvalue weighted by molar-refractivity contribution is 0.0197. The minimum atomic E-state index is 0.0357. The molecule has 2 aromatic rings. The Balaban J connectivity index is 2.11. The van der Waals surface area contributed by atoms with Crippen LogP contribution < -0.4 is 5.32 Å². The monoisotopic (exact) mass is 246 g/mol. The van der Waals surface area contributed by atoms with Crippen molar-refractivity contribution in [2.24, 2.45) is 0 Å². The molecule has 3 heterocycles. The first-order valence-corrected chi connectivity index (χ1v) is 6.41. The van der Waals surface area contributed by atoms with Crippen LogP contribution in [0.5, 0.6) is 0 Å². The van der Waals surface area contributed by atoms with E-state index in [9.17, 15) is 0 Å². The molecule has 1 saturated heterocycles. The van der Waals surface area contributed by atoms with E-state index in [0.717, 1.165) is 36.6 Å². The second kappa shape index (κ2) is 4.66. The van der Waals surface area contributed by atoms with Gasteiger partial charge in [0.25, 0.3) is 0 Å². The first-order chi connectivity index (χ1) is 8.77. The molecule has 0 aromatic carbocycles. The summed E-state index contributed by atoms with van der Waals surface area (Å²) in [7, 11) is 0. The summed E-state index contributed by atoms with van der Waals surface area (Å²) in [6.07, 6.45) is 3.66. The molecule has 0 aliphatic carbocycles. The Morgan fingerprint density at radius 1 is 1.50 bits per heavy atom. The van der Waals surface area contributed by atoms with Crippen molar-refractivity contribution >= 4 is 11.0 Å². The molecule has 0 bridgehead atoms. The summed E-state index contributed by atoms with van der Waals surface area (Å²) < 4.78 is 8.06. The summed E-state index contributed by atoms with van der Waals surface area (Å²) in [5.41, 5.74) is 2.07. The van der Waals surface area contributed by atoms with Gasteiger partial charge < -0.3 is 14.6 Å². The van der Waals surface area contributed by atoms with Crippen LogP contribution in [0.15, 0.2) is 18.5 Å². The van der Waals surface area contributed by atoms with Crippen LogP contribution in [0.25, 0.3) is 11.0 Å². The van der Waals surface area contributed by atoms with E-state index in [2.05, 4.69) is 28.7 Å². The summed E-state index contributed by atoms with van der Waals surface area (Å²) in [6, 6.07) is 2.38. The number of morpholine rings is 1. The lowest BCUT2D eigenvalue weighted by Crippen LogP contribution is -2.34. The van der Waals surface area contributed by atoms with Gasteiger partial charge in [-0.25, -0.2) is 4.98 Å². The van der Waals surface area contributed by atoms with Gasteiger partial charge in [-0.05, 0) is 19.9 Å². The van der Waals surface area contributed by atoms with Crippen LogP contribution in [-0.4, -0.2) is 34.2 Å². The van der Waals surface area contributed by atoms with Crippen molar-refractivity contribution < 1.29 is 4.74 Å². The molecule has 96 valence electrons. The van der Waals surface area contributed by atoms with Gasteiger partial charge in [0, 0.05) is 25.3 Å². The highest BCUT2D eigenvalue weighted by molar-refractivity contribution is 5.75. The molecule has 1 fully saturated rings. The SMILES string of the molecule is CC(C)n1c(C2CNCCO2)nc2cnccc21. The highest BCUT2D eigenvalue weighted by Gasteiger charge is 2.24. The molecule has 1 aliphatic rings. The van der Waals surface area contributed by atoms with Crippen LogP contribution in [0.2, 0.25) is 0 Å². The van der Waals surface area contributed by atoms with E-state index in [1.54, 1.807) is 0 Å². The van der Waals surface area contributed by atoms with Gasteiger partial charge in [-0.3, -0.25) is 4.98 Å². The first kappa shape index (κ1) is 11.6. The summed E-state index contributed by atoms with van der Waals surface area (Å²) >= 11 is 0. The van der Waals surface area contributed by atoms with Crippen LogP contribution in [0.1, 0.15) is 31.8 Å². The molecular weight excluding hydrogens is 228 g/mol. The highest BCUT2D eigenvalue weighted by atomic mass is 16.5. The van der Waals surface area contributed by atoms with E-state index in [1.807, 2.05) is 18.5 Å². The Morgan fingerprint density at radius 2 is 2.39 bits per heavy atom. The van der Waals surface area contributed by atoms with Gasteiger partial charge in [0.15, 0.2) is 0 Å². The molecule has 1 atom stereocenters. The zero-order valence-electron chi connectivity index (χ0n) is 10.8. The summed E-state index contributed by atoms with van der Waals surface area (Å²) in [5.74, 6) is 1.00. The Kier molecular flexibility index (Phi) is 3.01. The van der Waals surface area contributed by atoms with E-state index in [-0.39, 0.29) is 6.10 Å². The molecule has 0 spiro atoms. The fraction of sp³-hybridized carbons (Fsp3) is 0.538. The van der Waals surface area contributed by atoms with Crippen LogP contribution in [0.3, 0.4) is 0 Å². The minimum absolute atomic E-state index is 0.0357. The highest BCUT2D eigenvalue weighted by Crippen LogP contribution is 2.26. The lowest BCUT2D eigenvalue weighted by atomic mass is 10.2. The fourth-order valence-electron chi connectivity index (χ4n) is 2.47. The number of nitrogens with one attached hydrogen (secondary N) is 1. The van der Waals surface area contributed by atoms with E-state index in [1.165, 1.54) is 0 Å². The van der Waals surface area contributed by atoms with Crippen LogP contribution >= 0.6 is 0 Å². The summed E-state index contributed by atoms with van der Waals surface area (Å²) in [6.45, 7) is 6.82. The molecule has 5 nitrogen and oxygen atoms in total. The van der Waals surface area contributed by atoms with Crippen LogP contribution in [0, 0.1) is 0 Å². The number of ether oxygens (including phenoxy) is 1. The van der Waals surface area contributed by atoms with Crippen molar-refractivity contribution in [1.82, 2.24) is 19.9 Å². The van der Waals surface area contributed by atoms with Crippen molar-refractivity contribution in [3.63, 3.8) is 0 Å². The Bertz CT molecular complexity index is 543. The molecule has 0 saturated carbocycles. The second-order valence-corrected chi connectivity index (χ2v) is 4.86. The number of hydrogen-bond acceptors (Lipinski definition) is 4. The molecule has 18 heavy (non-hydrogen) atoms. The Morgan fingerprint density at radius 3 is 3.11 bits per heavy atom. The number of rotatable bonds is 2. The number of pyridine rings is 1. The van der Waals surface area contributed by atoms with Crippen molar-refractivity contribution in [3.8, 4) is 0 Å². The van der Waals surface area contributed by atoms with Crippen molar-refractivity contribution in [2.45, 2.75) is 26.0 Å². The number of aromatic nitrogens is 3. The third-order valence-corrected chi connectivity index (χ3v) is 3.25. The maximum Gasteiger partial charge on any atom is 0.140 e. The predicted octanol–water partition coefficient (Wildman–Crippen LogP) is 1.67. The maximum absolute atomic E-state index is 5.82. The van der Waals surface area contributed by atoms with Crippen LogP contribution in [0.4, 0.5) is 0 Å². The Hall–Kier alpha value is -1.46. The molecule has 0 amide bonds. The van der Waals surface area contributed by atoms with Crippen molar-refractivity contribution in [1.29, 1.82) is 0 Å². The quantitative estimate of drug-likeness (QED) is 0.875. The van der Waals surface area contributed by atoms with E-state index < -0.39 is 0 Å². The van der Waals surface area contributed by atoms with Gasteiger partial charge in [-0.1, -0.05) is 0 Å². The number of imidazole rings is 1. The zero-order valence-corrected chi connectivity index (χ0v) is 10.8. The van der Waals surface area contributed by atoms with Gasteiger partial charge in [0.1, 0.15) is 17.4 Å². The molecule has 0 radical (unpaired) electrons. The smallest absolute Gasteiger partial charge is 0.140 e. The fourth-order valence-corrected chi connectivity index (χ4v) is 2.47. The number of hydrogen-bond donors (Lipinski definition) is 1. The third kappa shape index (κ3) is 1.89. The molecule has 1 N–H and O–H groups in total. The number of nitrogens with zero attached hydrogens (tertiary/aromatic N) is 3. The third-order valence-electron chi connectivity index (χ3n) is 3.25. The molecule has 3 rings (SSSR count). The topological polar surface area (TPSA) is 52.0 Å². The first-order valence-electron chi connectivity index (χ1n) is 6.41. The van der Waals surface area contributed by atoms with Gasteiger partial charge in [-0.2, -0.15) is 0 Å². The lowest BCUT2D eigenvalue weighted by Gasteiger charge is -2.25. The van der Waals surface area contributed by atoms with E-state index in [0.29, 0.717) is 6.04 Å². The van der Waals surface area contributed by atoms with Gasteiger partial charge >= 0.3 is 0 Å². The summed E-state index contributed by atoms with van der Waals surface area (Å²) in [4.78, 5) is 8.83. The van der Waals surface area contributed by atoms with Gasteiger partial charge in [-0.15, -0.1) is 0 Å². The molecule has 5 heteroatoms. The summed E-state index contributed by atoms with van der Waals surface area (Å²) in [5, 5.41) is 3.35. The average molecular weight is 246 g/mol. The van der Waals surface area contributed by atoms with Crippen molar-refractivity contribution in [2.75, 3.05) is 19.7 Å². The molecule has 1 unspecified atom stereocenters. The minimum Gasteiger partial charge on any atom is -0.368 e. The zero-order chi connectivity index (χ0) is 12.5. The Labute approximate surface area is 106 Å². The predicted molar refractivity (Wildman–Crippen MR) is 69.5 cm³/mol. The maximum atomic E-state index is 5.82. The van der Waals surface area contributed by atoms with E-state index >= 15 is 0 Å². The number of fused-ring (bicyclic) bond motifs is 1. The normalized spacial score (nSPS) is 20.7. The van der Waals surface area contributed by atoms with Crippen LogP contribution in [-0.2, 0) is 4.74 Å². The molecular formula is C13H18N4O. The average Bonchev–Trinajstić information content (AvgIpc) is 2.79. The van der Waals surface area contributed by atoms with Gasteiger partial charge in [0.05, 0.1) is 18.3 Å². The van der Waals surface area contributed by atoms with Gasteiger partial charge in [0.2, 0.25) is 0 Å². The molecule has 1 aliphatic heterocycles. The molecule has 2 aromatic heterocycles. The van der Waals surface area contributed by atoms with E-state index in [4.69, 9.17) is 9.72 Å². The standard InChI is InChI=1S/C13H18N4O/c1-9(2)17-11-3-4-14-7-10(11)16-13(17)12-8-15-5-6-18-12/h3-4,7,9,12,15H,5-6,8H2,1-2H3. The van der Waals surface area contributed by atoms with Crippen molar-refractivity contribution in [3.05, 3.63) is 24.3 Å². The largest absolute Gasteiger partial charge is 0.368 e.